The van der Waals surface area contributed by atoms with Gasteiger partial charge >= 0.3 is 5.97 Å². The molecule has 0 radical (unpaired) electrons. The van der Waals surface area contributed by atoms with Crippen molar-refractivity contribution in [2.24, 2.45) is 0 Å². The average Bonchev–Trinajstić information content (AvgIpc) is 2.81. The van der Waals surface area contributed by atoms with Crippen molar-refractivity contribution >= 4 is 43.3 Å². The van der Waals surface area contributed by atoms with E-state index in [0.29, 0.717) is 0 Å². The monoisotopic (exact) mass is 341 g/mol. The first-order chi connectivity index (χ1) is 7.98. The lowest BCUT2D eigenvalue weighted by Gasteiger charge is -2.15. The van der Waals surface area contributed by atoms with E-state index < -0.39 is 22.0 Å². The number of ether oxygens (including phenoxy) is 1. The van der Waals surface area contributed by atoms with Crippen molar-refractivity contribution in [1.29, 1.82) is 0 Å². The molecule has 0 saturated carbocycles. The number of carbonyl (C=O) groups excluding carboxylic acids is 1. The Balaban J connectivity index is 2.84. The molecule has 0 fully saturated rings. The van der Waals surface area contributed by atoms with Crippen LogP contribution in [-0.4, -0.2) is 26.2 Å². The van der Waals surface area contributed by atoms with Crippen LogP contribution >= 0.6 is 27.3 Å². The number of hydrogen-bond acceptors (Lipinski definition) is 5. The minimum Gasteiger partial charge on any atom is -0.469 e. The van der Waals surface area contributed by atoms with Crippen LogP contribution in [0.1, 0.15) is 17.3 Å². The molecule has 0 saturated heterocycles. The summed E-state index contributed by atoms with van der Waals surface area (Å²) in [6.45, 7) is 0. The molecule has 0 bridgehead atoms. The fourth-order valence-electron chi connectivity index (χ4n) is 1.19. The number of rotatable bonds is 6. The molecule has 1 rings (SSSR count). The van der Waals surface area contributed by atoms with Gasteiger partial charge in [-0.3, -0.25) is 4.79 Å². The third-order valence-electron chi connectivity index (χ3n) is 1.95. The SMILES string of the molecule is COC(=O)CC(NS(=O)(=O)CBr)c1cccs1. The van der Waals surface area contributed by atoms with Gasteiger partial charge in [0.05, 0.1) is 19.6 Å². The summed E-state index contributed by atoms with van der Waals surface area (Å²) in [5.74, 6) is -0.458. The Morgan fingerprint density at radius 1 is 1.65 bits per heavy atom. The van der Waals surface area contributed by atoms with Gasteiger partial charge in [-0.05, 0) is 11.4 Å². The molecule has 17 heavy (non-hydrogen) atoms. The van der Waals surface area contributed by atoms with Gasteiger partial charge in [0.15, 0.2) is 0 Å². The van der Waals surface area contributed by atoms with Crippen molar-refractivity contribution in [2.45, 2.75) is 12.5 Å². The number of thiophene rings is 1. The van der Waals surface area contributed by atoms with Crippen molar-refractivity contribution in [3.8, 4) is 0 Å². The summed E-state index contributed by atoms with van der Waals surface area (Å²) in [5.41, 5.74) is 0. The Morgan fingerprint density at radius 2 is 2.35 bits per heavy atom. The van der Waals surface area contributed by atoms with Crippen LogP contribution in [0, 0.1) is 0 Å². The highest BCUT2D eigenvalue weighted by atomic mass is 79.9. The highest BCUT2D eigenvalue weighted by Gasteiger charge is 2.22. The lowest BCUT2D eigenvalue weighted by atomic mass is 10.2. The second-order valence-electron chi connectivity index (χ2n) is 3.19. The maximum atomic E-state index is 11.5. The van der Waals surface area contributed by atoms with Gasteiger partial charge in [-0.2, -0.15) is 0 Å². The van der Waals surface area contributed by atoms with Crippen LogP contribution in [0.25, 0.3) is 0 Å². The van der Waals surface area contributed by atoms with Gasteiger partial charge in [-0.25, -0.2) is 13.1 Å². The van der Waals surface area contributed by atoms with E-state index in [2.05, 4.69) is 25.4 Å². The Kier molecular flexibility index (Phi) is 5.57. The van der Waals surface area contributed by atoms with Crippen LogP contribution in [0.4, 0.5) is 0 Å². The summed E-state index contributed by atoms with van der Waals surface area (Å²) in [4.78, 5) is 12.0. The van der Waals surface area contributed by atoms with Crippen molar-refractivity contribution in [1.82, 2.24) is 4.72 Å². The third-order valence-corrected chi connectivity index (χ3v) is 5.68. The summed E-state index contributed by atoms with van der Waals surface area (Å²) in [6, 6.07) is 2.99. The van der Waals surface area contributed by atoms with Gasteiger partial charge < -0.3 is 4.74 Å². The molecule has 0 aliphatic heterocycles. The van der Waals surface area contributed by atoms with Crippen molar-refractivity contribution in [2.75, 3.05) is 11.8 Å². The first-order valence-corrected chi connectivity index (χ1v) is 8.30. The molecule has 1 heterocycles. The van der Waals surface area contributed by atoms with E-state index in [1.54, 1.807) is 12.1 Å². The molecule has 0 aromatic carbocycles. The minimum atomic E-state index is -3.43. The predicted molar refractivity (Wildman–Crippen MR) is 69.5 cm³/mol. The molecule has 0 amide bonds. The number of nitrogens with one attached hydrogen (secondary N) is 1. The quantitative estimate of drug-likeness (QED) is 0.630. The normalized spacial score (nSPS) is 13.3. The third kappa shape index (κ3) is 4.74. The molecule has 0 aliphatic rings. The van der Waals surface area contributed by atoms with E-state index in [4.69, 9.17) is 0 Å². The van der Waals surface area contributed by atoms with Gasteiger partial charge in [0.25, 0.3) is 0 Å². The van der Waals surface area contributed by atoms with E-state index >= 15 is 0 Å². The maximum Gasteiger partial charge on any atom is 0.307 e. The van der Waals surface area contributed by atoms with Crippen LogP contribution in [-0.2, 0) is 19.6 Å². The maximum absolute atomic E-state index is 11.5. The highest BCUT2D eigenvalue weighted by Crippen LogP contribution is 2.23. The molecule has 8 heteroatoms. The van der Waals surface area contributed by atoms with E-state index in [9.17, 15) is 13.2 Å². The van der Waals surface area contributed by atoms with Gasteiger partial charge in [0.1, 0.15) is 4.66 Å². The smallest absolute Gasteiger partial charge is 0.307 e. The lowest BCUT2D eigenvalue weighted by molar-refractivity contribution is -0.141. The topological polar surface area (TPSA) is 72.5 Å². The van der Waals surface area contributed by atoms with Crippen molar-refractivity contribution in [3.63, 3.8) is 0 Å². The molecule has 0 aliphatic carbocycles. The van der Waals surface area contributed by atoms with E-state index in [1.165, 1.54) is 18.4 Å². The summed E-state index contributed by atoms with van der Waals surface area (Å²) >= 11 is 4.27. The molecule has 1 aromatic rings. The van der Waals surface area contributed by atoms with Crippen LogP contribution in [0.5, 0.6) is 0 Å². The number of methoxy groups -OCH3 is 1. The summed E-state index contributed by atoms with van der Waals surface area (Å²) < 4.78 is 29.7. The Hall–Kier alpha value is -0.440. The second kappa shape index (κ2) is 6.48. The number of hydrogen-bond donors (Lipinski definition) is 1. The molecule has 1 N–H and O–H groups in total. The molecule has 1 unspecified atom stereocenters. The molecule has 1 aromatic heterocycles. The van der Waals surface area contributed by atoms with Crippen molar-refractivity contribution < 1.29 is 17.9 Å². The minimum absolute atomic E-state index is 0.0246. The molecular weight excluding hydrogens is 330 g/mol. The molecule has 96 valence electrons. The van der Waals surface area contributed by atoms with Crippen LogP contribution in [0.2, 0.25) is 0 Å². The molecule has 1 atom stereocenters. The number of sulfonamides is 1. The molecular formula is C9H12BrNO4S2. The van der Waals surface area contributed by atoms with Crippen molar-refractivity contribution in [3.05, 3.63) is 22.4 Å². The van der Waals surface area contributed by atoms with E-state index in [0.717, 1.165) is 4.88 Å². The largest absolute Gasteiger partial charge is 0.469 e. The number of carbonyl (C=O) groups is 1. The summed E-state index contributed by atoms with van der Waals surface area (Å²) in [5, 5.41) is 1.82. The summed E-state index contributed by atoms with van der Waals surface area (Å²) in [7, 11) is -2.16. The first-order valence-electron chi connectivity index (χ1n) is 4.64. The summed E-state index contributed by atoms with van der Waals surface area (Å²) in [6.07, 6.45) is -0.0246. The second-order valence-corrected chi connectivity index (χ2v) is 7.23. The zero-order chi connectivity index (χ0) is 12.9. The van der Waals surface area contributed by atoms with Crippen LogP contribution in [0.3, 0.4) is 0 Å². The lowest BCUT2D eigenvalue weighted by Crippen LogP contribution is -2.30. The fourth-order valence-corrected chi connectivity index (χ4v) is 3.14. The van der Waals surface area contributed by atoms with Crippen LogP contribution < -0.4 is 4.72 Å². The molecule has 5 nitrogen and oxygen atoms in total. The standard InChI is InChI=1S/C9H12BrNO4S2/c1-15-9(12)5-7(8-3-2-4-16-8)11-17(13,14)6-10/h2-4,7,11H,5-6H2,1H3. The van der Waals surface area contributed by atoms with Gasteiger partial charge in [0, 0.05) is 4.88 Å². The Bertz CT molecular complexity index is 457. The van der Waals surface area contributed by atoms with Gasteiger partial charge in [-0.15, -0.1) is 11.3 Å². The zero-order valence-electron chi connectivity index (χ0n) is 9.05. The highest BCUT2D eigenvalue weighted by molar-refractivity contribution is 9.10. The Labute approximate surface area is 112 Å². The molecule has 0 spiro atoms. The fraction of sp³-hybridized carbons (Fsp3) is 0.444. The number of esters is 1. The van der Waals surface area contributed by atoms with E-state index in [1.807, 2.05) is 5.38 Å². The van der Waals surface area contributed by atoms with Gasteiger partial charge in [-0.1, -0.05) is 22.0 Å². The van der Waals surface area contributed by atoms with E-state index in [-0.39, 0.29) is 11.1 Å². The van der Waals surface area contributed by atoms with Crippen LogP contribution in [0.15, 0.2) is 17.5 Å². The predicted octanol–water partition coefficient (Wildman–Crippen LogP) is 1.62. The number of halogens is 1. The average molecular weight is 342 g/mol. The first kappa shape index (κ1) is 14.6. The van der Waals surface area contributed by atoms with Gasteiger partial charge in [0.2, 0.25) is 10.0 Å². The Morgan fingerprint density at radius 3 is 2.82 bits per heavy atom. The zero-order valence-corrected chi connectivity index (χ0v) is 12.3. The number of alkyl halides is 1.